The molecule has 5 heteroatoms. The second-order valence-corrected chi connectivity index (χ2v) is 6.68. The van der Waals surface area contributed by atoms with Crippen LogP contribution in [0.4, 0.5) is 5.69 Å². The number of hydrogen-bond donors (Lipinski definition) is 1. The Morgan fingerprint density at radius 3 is 2.58 bits per heavy atom. The van der Waals surface area contributed by atoms with Crippen LogP contribution in [-0.4, -0.2) is 43.0 Å². The first-order chi connectivity index (χ1) is 11.5. The molecular formula is C19H28N2O3. The first-order valence-corrected chi connectivity index (χ1v) is 8.70. The minimum atomic E-state index is -0.333. The lowest BCUT2D eigenvalue weighted by molar-refractivity contribution is -0.143. The Bertz CT molecular complexity index is 554. The molecular weight excluding hydrogens is 304 g/mol. The SMILES string of the molecule is COC(=O)CCC(=O)N1CCCC(Nc2ccc(C(C)C)cc2)C1. The van der Waals surface area contributed by atoms with Gasteiger partial charge >= 0.3 is 5.97 Å². The van der Waals surface area contributed by atoms with Gasteiger partial charge < -0.3 is 15.0 Å². The Labute approximate surface area is 144 Å². The van der Waals surface area contributed by atoms with E-state index >= 15 is 0 Å². The Kier molecular flexibility index (Phi) is 6.64. The zero-order valence-corrected chi connectivity index (χ0v) is 14.9. The number of anilines is 1. The average Bonchev–Trinajstić information content (AvgIpc) is 2.60. The summed E-state index contributed by atoms with van der Waals surface area (Å²) >= 11 is 0. The second kappa shape index (κ2) is 8.71. The van der Waals surface area contributed by atoms with Crippen LogP contribution in [0.25, 0.3) is 0 Å². The third kappa shape index (κ3) is 5.25. The number of nitrogens with one attached hydrogen (secondary N) is 1. The summed E-state index contributed by atoms with van der Waals surface area (Å²) in [6.45, 7) is 5.82. The lowest BCUT2D eigenvalue weighted by Crippen LogP contribution is -2.45. The summed E-state index contributed by atoms with van der Waals surface area (Å²) in [5, 5.41) is 3.52. The van der Waals surface area contributed by atoms with E-state index in [1.807, 2.05) is 4.90 Å². The molecule has 5 nitrogen and oxygen atoms in total. The molecule has 1 atom stereocenters. The predicted octanol–water partition coefficient (Wildman–Crippen LogP) is 3.17. The summed E-state index contributed by atoms with van der Waals surface area (Å²) in [6.07, 6.45) is 2.40. The van der Waals surface area contributed by atoms with Gasteiger partial charge in [-0.05, 0) is 36.5 Å². The number of ether oxygens (including phenoxy) is 1. The molecule has 1 unspecified atom stereocenters. The van der Waals surface area contributed by atoms with E-state index in [4.69, 9.17) is 0 Å². The van der Waals surface area contributed by atoms with Gasteiger partial charge in [-0.25, -0.2) is 0 Å². The molecule has 1 N–H and O–H groups in total. The van der Waals surface area contributed by atoms with Gasteiger partial charge in [-0.15, -0.1) is 0 Å². The maximum atomic E-state index is 12.2. The van der Waals surface area contributed by atoms with Crippen LogP contribution in [-0.2, 0) is 14.3 Å². The molecule has 1 aromatic carbocycles. The summed E-state index contributed by atoms with van der Waals surface area (Å²) in [5.41, 5.74) is 2.41. The van der Waals surface area contributed by atoms with Gasteiger partial charge in [0, 0.05) is 31.2 Å². The van der Waals surface area contributed by atoms with Crippen LogP contribution in [0.15, 0.2) is 24.3 Å². The maximum absolute atomic E-state index is 12.2. The van der Waals surface area contributed by atoms with Gasteiger partial charge in [-0.3, -0.25) is 9.59 Å². The van der Waals surface area contributed by atoms with E-state index in [2.05, 4.69) is 48.2 Å². The van der Waals surface area contributed by atoms with Crippen molar-refractivity contribution in [3.8, 4) is 0 Å². The number of esters is 1. The van der Waals surface area contributed by atoms with E-state index in [-0.39, 0.29) is 30.8 Å². The molecule has 0 aromatic heterocycles. The van der Waals surface area contributed by atoms with Crippen molar-refractivity contribution in [1.82, 2.24) is 4.90 Å². The fourth-order valence-electron chi connectivity index (χ4n) is 2.99. The quantitative estimate of drug-likeness (QED) is 0.813. The highest BCUT2D eigenvalue weighted by Crippen LogP contribution is 2.20. The van der Waals surface area contributed by atoms with E-state index in [1.165, 1.54) is 12.7 Å². The molecule has 0 saturated carbocycles. The Balaban J connectivity index is 1.86. The van der Waals surface area contributed by atoms with E-state index in [9.17, 15) is 9.59 Å². The highest BCUT2D eigenvalue weighted by molar-refractivity contribution is 5.81. The Morgan fingerprint density at radius 1 is 1.25 bits per heavy atom. The molecule has 1 aliphatic rings. The summed E-state index contributed by atoms with van der Waals surface area (Å²) in [5.74, 6) is 0.221. The van der Waals surface area contributed by atoms with E-state index in [1.54, 1.807) is 0 Å². The van der Waals surface area contributed by atoms with Crippen LogP contribution in [0.1, 0.15) is 51.0 Å². The zero-order valence-electron chi connectivity index (χ0n) is 14.9. The molecule has 1 amide bonds. The molecule has 1 aromatic rings. The number of piperidine rings is 1. The standard InChI is InChI=1S/C19H28N2O3/c1-14(2)15-6-8-16(9-7-15)20-17-5-4-12-21(13-17)18(22)10-11-19(23)24-3/h6-9,14,17,20H,4-5,10-13H2,1-3H3. The van der Waals surface area contributed by atoms with Gasteiger partial charge in [0.2, 0.25) is 5.91 Å². The summed E-state index contributed by atoms with van der Waals surface area (Å²) < 4.78 is 4.59. The van der Waals surface area contributed by atoms with Crippen LogP contribution >= 0.6 is 0 Å². The smallest absolute Gasteiger partial charge is 0.306 e. The lowest BCUT2D eigenvalue weighted by atomic mass is 10.0. The maximum Gasteiger partial charge on any atom is 0.306 e. The summed E-state index contributed by atoms with van der Waals surface area (Å²) in [6, 6.07) is 8.76. The minimum absolute atomic E-state index is 0.0297. The number of benzene rings is 1. The number of carbonyl (C=O) groups excluding carboxylic acids is 2. The van der Waals surface area contributed by atoms with E-state index < -0.39 is 0 Å². The first kappa shape index (κ1) is 18.3. The summed E-state index contributed by atoms with van der Waals surface area (Å²) in [7, 11) is 1.35. The van der Waals surface area contributed by atoms with E-state index in [0.29, 0.717) is 12.5 Å². The van der Waals surface area contributed by atoms with Crippen molar-refractivity contribution in [2.24, 2.45) is 0 Å². The first-order valence-electron chi connectivity index (χ1n) is 8.70. The number of amides is 1. The number of nitrogens with zero attached hydrogens (tertiary/aromatic N) is 1. The fourth-order valence-corrected chi connectivity index (χ4v) is 2.99. The third-order valence-electron chi connectivity index (χ3n) is 4.49. The van der Waals surface area contributed by atoms with Gasteiger partial charge in [0.05, 0.1) is 13.5 Å². The number of likely N-dealkylation sites (tertiary alicyclic amines) is 1. The molecule has 24 heavy (non-hydrogen) atoms. The molecule has 2 rings (SSSR count). The molecule has 1 fully saturated rings. The topological polar surface area (TPSA) is 58.6 Å². The molecule has 1 saturated heterocycles. The fraction of sp³-hybridized carbons (Fsp3) is 0.579. The second-order valence-electron chi connectivity index (χ2n) is 6.68. The van der Waals surface area contributed by atoms with Gasteiger partial charge in [0.15, 0.2) is 0 Å². The van der Waals surface area contributed by atoms with Gasteiger partial charge in [0.1, 0.15) is 0 Å². The van der Waals surface area contributed by atoms with Crippen LogP contribution in [0.5, 0.6) is 0 Å². The number of methoxy groups -OCH3 is 1. The molecule has 0 radical (unpaired) electrons. The van der Waals surface area contributed by atoms with Crippen molar-refractivity contribution >= 4 is 17.6 Å². The number of rotatable bonds is 6. The molecule has 132 valence electrons. The largest absolute Gasteiger partial charge is 0.469 e. The highest BCUT2D eigenvalue weighted by atomic mass is 16.5. The van der Waals surface area contributed by atoms with Crippen molar-refractivity contribution in [3.63, 3.8) is 0 Å². The van der Waals surface area contributed by atoms with Crippen LogP contribution in [0.2, 0.25) is 0 Å². The zero-order chi connectivity index (χ0) is 17.5. The number of carbonyl (C=O) groups is 2. The van der Waals surface area contributed by atoms with Crippen molar-refractivity contribution in [1.29, 1.82) is 0 Å². The average molecular weight is 332 g/mol. The Hall–Kier alpha value is -2.04. The van der Waals surface area contributed by atoms with Crippen LogP contribution in [0, 0.1) is 0 Å². The van der Waals surface area contributed by atoms with Gasteiger partial charge in [-0.2, -0.15) is 0 Å². The summed E-state index contributed by atoms with van der Waals surface area (Å²) in [4.78, 5) is 25.3. The van der Waals surface area contributed by atoms with Crippen molar-refractivity contribution in [2.75, 3.05) is 25.5 Å². The van der Waals surface area contributed by atoms with Crippen LogP contribution in [0.3, 0.4) is 0 Å². The van der Waals surface area contributed by atoms with Crippen molar-refractivity contribution in [3.05, 3.63) is 29.8 Å². The van der Waals surface area contributed by atoms with Gasteiger partial charge in [-0.1, -0.05) is 26.0 Å². The van der Waals surface area contributed by atoms with Gasteiger partial charge in [0.25, 0.3) is 0 Å². The normalized spacial score (nSPS) is 17.7. The lowest BCUT2D eigenvalue weighted by Gasteiger charge is -2.33. The van der Waals surface area contributed by atoms with E-state index in [0.717, 1.165) is 25.1 Å². The molecule has 1 heterocycles. The molecule has 0 bridgehead atoms. The van der Waals surface area contributed by atoms with Crippen molar-refractivity contribution < 1.29 is 14.3 Å². The Morgan fingerprint density at radius 2 is 1.96 bits per heavy atom. The molecule has 1 aliphatic heterocycles. The minimum Gasteiger partial charge on any atom is -0.469 e. The molecule has 0 aliphatic carbocycles. The van der Waals surface area contributed by atoms with Crippen LogP contribution < -0.4 is 5.32 Å². The monoisotopic (exact) mass is 332 g/mol. The molecule has 0 spiro atoms. The predicted molar refractivity (Wildman–Crippen MR) is 95.0 cm³/mol. The number of hydrogen-bond acceptors (Lipinski definition) is 4. The third-order valence-corrected chi connectivity index (χ3v) is 4.49. The highest BCUT2D eigenvalue weighted by Gasteiger charge is 2.23. The van der Waals surface area contributed by atoms with Crippen molar-refractivity contribution in [2.45, 2.75) is 51.5 Å².